The van der Waals surface area contributed by atoms with Crippen LogP contribution in [0, 0.1) is 5.92 Å². The second-order valence-electron chi connectivity index (χ2n) is 4.59. The normalized spacial score (nSPS) is 19.4. The van der Waals surface area contributed by atoms with Gasteiger partial charge in [0, 0.05) is 24.3 Å². The van der Waals surface area contributed by atoms with E-state index in [9.17, 15) is 4.79 Å². The van der Waals surface area contributed by atoms with Crippen molar-refractivity contribution < 1.29 is 4.79 Å². The monoisotopic (exact) mass is 238 g/mol. The summed E-state index contributed by atoms with van der Waals surface area (Å²) < 4.78 is 0. The lowest BCUT2D eigenvalue weighted by atomic mass is 10.1. The number of amides is 1. The van der Waals surface area contributed by atoms with Crippen molar-refractivity contribution in [2.45, 2.75) is 6.42 Å². The van der Waals surface area contributed by atoms with Crippen molar-refractivity contribution in [2.24, 2.45) is 5.92 Å². The molecule has 1 fully saturated rings. The van der Waals surface area contributed by atoms with Crippen molar-refractivity contribution in [3.8, 4) is 0 Å². The van der Waals surface area contributed by atoms with E-state index < -0.39 is 0 Å². The van der Waals surface area contributed by atoms with E-state index in [1.54, 1.807) is 11.1 Å². The van der Waals surface area contributed by atoms with Crippen molar-refractivity contribution >= 4 is 22.5 Å². The molecule has 1 aliphatic rings. The lowest BCUT2D eigenvalue weighted by molar-refractivity contribution is -0.117. The molecule has 0 N–H and O–H groups in total. The van der Waals surface area contributed by atoms with Gasteiger partial charge in [0.1, 0.15) is 0 Å². The highest BCUT2D eigenvalue weighted by Crippen LogP contribution is 2.27. The van der Waals surface area contributed by atoms with Crippen molar-refractivity contribution in [1.29, 1.82) is 0 Å². The highest BCUT2D eigenvalue weighted by atomic mass is 16.2. The maximum absolute atomic E-state index is 11.9. The Morgan fingerprint density at radius 1 is 1.39 bits per heavy atom. The van der Waals surface area contributed by atoms with Gasteiger partial charge in [-0.3, -0.25) is 9.78 Å². The third-order valence-corrected chi connectivity index (χ3v) is 3.38. The average molecular weight is 238 g/mol. The van der Waals surface area contributed by atoms with Crippen LogP contribution in [0.2, 0.25) is 0 Å². The van der Waals surface area contributed by atoms with Gasteiger partial charge in [-0.15, -0.1) is 6.58 Å². The van der Waals surface area contributed by atoms with Crippen LogP contribution in [0.3, 0.4) is 0 Å². The molecule has 0 spiro atoms. The molecule has 1 aromatic heterocycles. The molecule has 1 unspecified atom stereocenters. The average Bonchev–Trinajstić information content (AvgIpc) is 2.79. The van der Waals surface area contributed by atoms with E-state index in [0.29, 0.717) is 13.0 Å². The summed E-state index contributed by atoms with van der Waals surface area (Å²) in [6, 6.07) is 9.94. The largest absolute Gasteiger partial charge is 0.310 e. The van der Waals surface area contributed by atoms with Crippen LogP contribution in [-0.2, 0) is 4.79 Å². The standard InChI is InChI=1S/C15H14N2O/c1-2-11-7-15(18)17(10-11)13-8-12-5-3-4-6-14(12)16-9-13/h2-6,8-9,11H,1,7,10H2. The van der Waals surface area contributed by atoms with Gasteiger partial charge in [-0.2, -0.15) is 0 Å². The highest BCUT2D eigenvalue weighted by molar-refractivity contribution is 5.97. The van der Waals surface area contributed by atoms with Gasteiger partial charge < -0.3 is 4.90 Å². The second kappa shape index (κ2) is 4.26. The maximum atomic E-state index is 11.9. The van der Waals surface area contributed by atoms with Gasteiger partial charge in [0.15, 0.2) is 0 Å². The first kappa shape index (κ1) is 11.0. The molecule has 0 bridgehead atoms. The Balaban J connectivity index is 1.99. The van der Waals surface area contributed by atoms with Crippen LogP contribution in [0.5, 0.6) is 0 Å². The van der Waals surface area contributed by atoms with Crippen LogP contribution in [0.4, 0.5) is 5.69 Å². The van der Waals surface area contributed by atoms with E-state index in [2.05, 4.69) is 11.6 Å². The summed E-state index contributed by atoms with van der Waals surface area (Å²) in [5.41, 5.74) is 1.83. The van der Waals surface area contributed by atoms with Crippen LogP contribution < -0.4 is 4.90 Å². The fraction of sp³-hybridized carbons (Fsp3) is 0.200. The molecule has 1 amide bonds. The predicted octanol–water partition coefficient (Wildman–Crippen LogP) is 2.77. The molecule has 90 valence electrons. The summed E-state index contributed by atoms with van der Waals surface area (Å²) in [4.78, 5) is 18.1. The topological polar surface area (TPSA) is 33.2 Å². The minimum atomic E-state index is 0.150. The molecule has 2 heterocycles. The molecule has 3 heteroatoms. The summed E-state index contributed by atoms with van der Waals surface area (Å²) in [6.45, 7) is 4.47. The first-order valence-corrected chi connectivity index (χ1v) is 6.05. The molecular formula is C15H14N2O. The van der Waals surface area contributed by atoms with Gasteiger partial charge in [-0.1, -0.05) is 24.3 Å². The van der Waals surface area contributed by atoms with Crippen LogP contribution in [0.25, 0.3) is 10.9 Å². The number of hydrogen-bond acceptors (Lipinski definition) is 2. The molecule has 1 saturated heterocycles. The Bertz CT molecular complexity index is 621. The number of benzene rings is 1. The molecule has 1 aliphatic heterocycles. The fourth-order valence-corrected chi connectivity index (χ4v) is 2.35. The van der Waals surface area contributed by atoms with Crippen molar-refractivity contribution in [3.63, 3.8) is 0 Å². The number of rotatable bonds is 2. The molecule has 18 heavy (non-hydrogen) atoms. The zero-order chi connectivity index (χ0) is 12.5. The van der Waals surface area contributed by atoms with E-state index in [4.69, 9.17) is 0 Å². The second-order valence-corrected chi connectivity index (χ2v) is 4.59. The Kier molecular flexibility index (Phi) is 2.59. The number of aromatic nitrogens is 1. The van der Waals surface area contributed by atoms with Crippen molar-refractivity contribution in [3.05, 3.63) is 49.2 Å². The highest BCUT2D eigenvalue weighted by Gasteiger charge is 2.28. The first-order chi connectivity index (χ1) is 8.78. The van der Waals surface area contributed by atoms with E-state index in [-0.39, 0.29) is 11.8 Å². The molecule has 3 rings (SSSR count). The summed E-state index contributed by atoms with van der Waals surface area (Å²) >= 11 is 0. The van der Waals surface area contributed by atoms with Gasteiger partial charge in [0.05, 0.1) is 17.4 Å². The number of pyridine rings is 1. The molecule has 0 radical (unpaired) electrons. The number of carbonyl (C=O) groups is 1. The first-order valence-electron chi connectivity index (χ1n) is 6.05. The fourth-order valence-electron chi connectivity index (χ4n) is 2.35. The Hall–Kier alpha value is -2.16. The van der Waals surface area contributed by atoms with Gasteiger partial charge >= 0.3 is 0 Å². The predicted molar refractivity (Wildman–Crippen MR) is 72.4 cm³/mol. The van der Waals surface area contributed by atoms with Gasteiger partial charge in [0.2, 0.25) is 5.91 Å². The van der Waals surface area contributed by atoms with E-state index in [1.807, 2.05) is 36.4 Å². The zero-order valence-corrected chi connectivity index (χ0v) is 10.0. The molecule has 1 atom stereocenters. The van der Waals surface area contributed by atoms with Gasteiger partial charge in [0.25, 0.3) is 0 Å². The Morgan fingerprint density at radius 3 is 3.00 bits per heavy atom. The number of carbonyl (C=O) groups excluding carboxylic acids is 1. The van der Waals surface area contributed by atoms with Crippen molar-refractivity contribution in [2.75, 3.05) is 11.4 Å². The lowest BCUT2D eigenvalue weighted by Crippen LogP contribution is -2.24. The number of nitrogens with zero attached hydrogens (tertiary/aromatic N) is 2. The SMILES string of the molecule is C=CC1CC(=O)N(c2cnc3ccccc3c2)C1. The lowest BCUT2D eigenvalue weighted by Gasteiger charge is -2.16. The zero-order valence-electron chi connectivity index (χ0n) is 10.0. The summed E-state index contributed by atoms with van der Waals surface area (Å²) in [7, 11) is 0. The number of para-hydroxylation sites is 1. The number of fused-ring (bicyclic) bond motifs is 1. The Morgan fingerprint density at radius 2 is 2.22 bits per heavy atom. The number of hydrogen-bond donors (Lipinski definition) is 0. The molecule has 0 saturated carbocycles. The van der Waals surface area contributed by atoms with Crippen LogP contribution in [0.1, 0.15) is 6.42 Å². The van der Waals surface area contributed by atoms with E-state index in [1.165, 1.54) is 0 Å². The molecule has 2 aromatic rings. The molecular weight excluding hydrogens is 224 g/mol. The van der Waals surface area contributed by atoms with Gasteiger partial charge in [-0.05, 0) is 12.1 Å². The maximum Gasteiger partial charge on any atom is 0.227 e. The van der Waals surface area contributed by atoms with Crippen LogP contribution in [-0.4, -0.2) is 17.4 Å². The summed E-state index contributed by atoms with van der Waals surface area (Å²) in [5.74, 6) is 0.404. The molecule has 1 aromatic carbocycles. The molecule has 3 nitrogen and oxygen atoms in total. The third-order valence-electron chi connectivity index (χ3n) is 3.38. The van der Waals surface area contributed by atoms with Gasteiger partial charge in [-0.25, -0.2) is 0 Å². The summed E-state index contributed by atoms with van der Waals surface area (Å²) in [6.07, 6.45) is 4.18. The van der Waals surface area contributed by atoms with Crippen LogP contribution in [0.15, 0.2) is 49.2 Å². The number of anilines is 1. The summed E-state index contributed by atoms with van der Waals surface area (Å²) in [5, 5.41) is 1.06. The minimum absolute atomic E-state index is 0.150. The quantitative estimate of drug-likeness (QED) is 0.754. The third kappa shape index (κ3) is 1.78. The van der Waals surface area contributed by atoms with Crippen LogP contribution >= 0.6 is 0 Å². The van der Waals surface area contributed by atoms with E-state index in [0.717, 1.165) is 16.6 Å². The molecule has 0 aliphatic carbocycles. The van der Waals surface area contributed by atoms with Crippen molar-refractivity contribution in [1.82, 2.24) is 4.98 Å². The van der Waals surface area contributed by atoms with E-state index >= 15 is 0 Å². The Labute approximate surface area is 106 Å². The minimum Gasteiger partial charge on any atom is -0.310 e. The smallest absolute Gasteiger partial charge is 0.227 e.